The van der Waals surface area contributed by atoms with Crippen molar-refractivity contribution in [2.75, 3.05) is 19.8 Å². The summed E-state index contributed by atoms with van der Waals surface area (Å²) in [4.78, 5) is 46.0. The minimum absolute atomic E-state index is 0.169. The van der Waals surface area contributed by atoms with Gasteiger partial charge in [0.15, 0.2) is 6.10 Å². The molecule has 344 valence electrons. The van der Waals surface area contributed by atoms with Crippen LogP contribution in [0.3, 0.4) is 0 Å². The van der Waals surface area contributed by atoms with Gasteiger partial charge in [0.05, 0.1) is 13.2 Å². The summed E-state index contributed by atoms with van der Waals surface area (Å²) in [6.45, 7) is 2.85. The van der Waals surface area contributed by atoms with Crippen LogP contribution in [0.25, 0.3) is 0 Å². The van der Waals surface area contributed by atoms with Crippen molar-refractivity contribution in [3.8, 4) is 0 Å². The van der Waals surface area contributed by atoms with E-state index in [9.17, 15) is 23.8 Å². The van der Waals surface area contributed by atoms with E-state index in [0.29, 0.717) is 12.8 Å². The van der Waals surface area contributed by atoms with Gasteiger partial charge in [-0.25, -0.2) is 4.57 Å². The molecule has 0 heterocycles. The first-order valence-electron chi connectivity index (χ1n) is 24.1. The Labute approximate surface area is 355 Å². The highest BCUT2D eigenvalue weighted by atomic mass is 31.2. The van der Waals surface area contributed by atoms with Gasteiger partial charge in [0.25, 0.3) is 0 Å². The SMILES string of the molecule is CCCCCCCCCCCCCCCCCCCCCCCC(=O)OC[C@@H](COP(=O)(O)OC[C@H](N)C(=O)O)OC(=O)CCCCCCCCCCCCCCC. The summed E-state index contributed by atoms with van der Waals surface area (Å²) in [6, 6.07) is -1.52. The third kappa shape index (κ3) is 41.2. The number of aliphatic carboxylic acids is 1. The molecule has 1 unspecified atom stereocenters. The minimum Gasteiger partial charge on any atom is -0.480 e. The number of carboxylic acid groups (broad SMARTS) is 1. The van der Waals surface area contributed by atoms with E-state index in [1.54, 1.807) is 0 Å². The first-order chi connectivity index (χ1) is 28.1. The Morgan fingerprint density at radius 2 is 0.759 bits per heavy atom. The molecule has 0 fully saturated rings. The van der Waals surface area contributed by atoms with Crippen LogP contribution >= 0.6 is 7.82 Å². The molecule has 0 aromatic carbocycles. The maximum absolute atomic E-state index is 12.6. The molecule has 3 atom stereocenters. The fourth-order valence-corrected chi connectivity index (χ4v) is 7.85. The van der Waals surface area contributed by atoms with Crippen LogP contribution in [-0.4, -0.2) is 59.9 Å². The fraction of sp³-hybridized carbons (Fsp3) is 0.935. The van der Waals surface area contributed by atoms with E-state index < -0.39 is 51.1 Å². The highest BCUT2D eigenvalue weighted by Gasteiger charge is 2.28. The van der Waals surface area contributed by atoms with Crippen LogP contribution in [0.15, 0.2) is 0 Å². The molecule has 11 nitrogen and oxygen atoms in total. The smallest absolute Gasteiger partial charge is 0.472 e. The first-order valence-corrected chi connectivity index (χ1v) is 25.6. The average Bonchev–Trinajstić information content (AvgIpc) is 3.20. The number of unbranched alkanes of at least 4 members (excludes halogenated alkanes) is 32. The lowest BCUT2D eigenvalue weighted by molar-refractivity contribution is -0.161. The van der Waals surface area contributed by atoms with Crippen molar-refractivity contribution in [2.24, 2.45) is 5.73 Å². The van der Waals surface area contributed by atoms with Crippen LogP contribution in [0.5, 0.6) is 0 Å². The number of nitrogens with two attached hydrogens (primary N) is 1. The van der Waals surface area contributed by atoms with Gasteiger partial charge in [-0.05, 0) is 12.8 Å². The highest BCUT2D eigenvalue weighted by Crippen LogP contribution is 2.43. The fourth-order valence-electron chi connectivity index (χ4n) is 7.07. The number of carbonyl (C=O) groups is 3. The molecule has 0 spiro atoms. The van der Waals surface area contributed by atoms with Crippen LogP contribution in [0.1, 0.15) is 245 Å². The summed E-state index contributed by atoms with van der Waals surface area (Å²) >= 11 is 0. The van der Waals surface area contributed by atoms with Gasteiger partial charge in [-0.3, -0.25) is 23.4 Å². The Hall–Kier alpha value is -1.52. The Kier molecular flexibility index (Phi) is 41.1. The number of carboxylic acids is 1. The largest absolute Gasteiger partial charge is 0.480 e. The number of phosphoric acid groups is 1. The lowest BCUT2D eigenvalue weighted by atomic mass is 10.0. The molecular formula is C46H90NO10P. The van der Waals surface area contributed by atoms with Crippen molar-refractivity contribution in [3.63, 3.8) is 0 Å². The highest BCUT2D eigenvalue weighted by molar-refractivity contribution is 7.47. The van der Waals surface area contributed by atoms with Gasteiger partial charge in [0.2, 0.25) is 0 Å². The minimum atomic E-state index is -4.71. The maximum Gasteiger partial charge on any atom is 0.472 e. The number of phosphoric ester groups is 1. The number of ether oxygens (including phenoxy) is 2. The second kappa shape index (κ2) is 42.2. The van der Waals surface area contributed by atoms with E-state index in [4.69, 9.17) is 24.8 Å². The van der Waals surface area contributed by atoms with Crippen molar-refractivity contribution in [1.29, 1.82) is 0 Å². The van der Waals surface area contributed by atoms with Crippen LogP contribution in [0.4, 0.5) is 0 Å². The second-order valence-corrected chi connectivity index (χ2v) is 18.1. The zero-order chi connectivity index (χ0) is 42.8. The number of hydrogen-bond donors (Lipinski definition) is 3. The molecule has 0 aromatic rings. The quantitative estimate of drug-likeness (QED) is 0.0302. The predicted octanol–water partition coefficient (Wildman–Crippen LogP) is 13.1. The topological polar surface area (TPSA) is 172 Å². The van der Waals surface area contributed by atoms with Crippen LogP contribution in [0.2, 0.25) is 0 Å². The monoisotopic (exact) mass is 848 g/mol. The van der Waals surface area contributed by atoms with Crippen molar-refractivity contribution in [1.82, 2.24) is 0 Å². The van der Waals surface area contributed by atoms with E-state index in [2.05, 4.69) is 18.4 Å². The van der Waals surface area contributed by atoms with E-state index in [0.717, 1.165) is 38.5 Å². The lowest BCUT2D eigenvalue weighted by Crippen LogP contribution is -2.34. The molecule has 0 aliphatic rings. The molecule has 58 heavy (non-hydrogen) atoms. The van der Waals surface area contributed by atoms with Crippen molar-refractivity contribution in [3.05, 3.63) is 0 Å². The van der Waals surface area contributed by atoms with Crippen LogP contribution < -0.4 is 5.73 Å². The Bertz CT molecular complexity index is 1000. The molecule has 0 amide bonds. The summed E-state index contributed by atoms with van der Waals surface area (Å²) in [7, 11) is -4.71. The zero-order valence-electron chi connectivity index (χ0n) is 37.4. The number of rotatable bonds is 46. The van der Waals surface area contributed by atoms with Crippen molar-refractivity contribution in [2.45, 2.75) is 257 Å². The zero-order valence-corrected chi connectivity index (χ0v) is 38.3. The molecule has 4 N–H and O–H groups in total. The van der Waals surface area contributed by atoms with Gasteiger partial charge in [-0.1, -0.05) is 219 Å². The first kappa shape index (κ1) is 56.5. The summed E-state index contributed by atoms with van der Waals surface area (Å²) in [5, 5.41) is 8.90. The molecule has 0 saturated heterocycles. The van der Waals surface area contributed by atoms with Gasteiger partial charge < -0.3 is 25.2 Å². The molecule has 0 aliphatic heterocycles. The van der Waals surface area contributed by atoms with Crippen LogP contribution in [0, 0.1) is 0 Å². The number of hydrogen-bond acceptors (Lipinski definition) is 9. The average molecular weight is 848 g/mol. The van der Waals surface area contributed by atoms with Crippen LogP contribution in [-0.2, 0) is 37.5 Å². The Morgan fingerprint density at radius 1 is 0.466 bits per heavy atom. The molecular weight excluding hydrogens is 757 g/mol. The normalized spacial score (nSPS) is 13.6. The van der Waals surface area contributed by atoms with E-state index in [1.165, 1.54) is 167 Å². The number of carbonyl (C=O) groups excluding carboxylic acids is 2. The third-order valence-corrected chi connectivity index (χ3v) is 11.8. The lowest BCUT2D eigenvalue weighted by Gasteiger charge is -2.20. The molecule has 0 saturated carbocycles. The molecule has 0 rings (SSSR count). The second-order valence-electron chi connectivity index (χ2n) is 16.6. The van der Waals surface area contributed by atoms with E-state index >= 15 is 0 Å². The molecule has 12 heteroatoms. The number of esters is 2. The van der Waals surface area contributed by atoms with Gasteiger partial charge in [0.1, 0.15) is 12.6 Å². The predicted molar refractivity (Wildman–Crippen MR) is 236 cm³/mol. The molecule has 0 radical (unpaired) electrons. The standard InChI is InChI=1S/C46H90NO10P/c1-3-5-7-9-11-13-15-17-18-19-20-21-22-23-24-26-27-29-31-33-35-37-44(48)54-39-42(40-55-58(52,53)56-41-43(47)46(50)51)57-45(49)38-36-34-32-30-28-25-16-14-12-10-8-6-4-2/h42-43H,3-41,47H2,1-2H3,(H,50,51)(H,52,53)/t42-,43-/m0/s1. The van der Waals surface area contributed by atoms with Gasteiger partial charge >= 0.3 is 25.7 Å². The summed E-state index contributed by atoms with van der Waals surface area (Å²) in [5.74, 6) is -2.35. The van der Waals surface area contributed by atoms with Crippen molar-refractivity contribution >= 4 is 25.7 Å². The summed E-state index contributed by atoms with van der Waals surface area (Å²) < 4.78 is 32.8. The Morgan fingerprint density at radius 3 is 1.09 bits per heavy atom. The van der Waals surface area contributed by atoms with Gasteiger partial charge in [0, 0.05) is 12.8 Å². The van der Waals surface area contributed by atoms with Gasteiger partial charge in [-0.2, -0.15) is 0 Å². The van der Waals surface area contributed by atoms with E-state index in [1.807, 2.05) is 0 Å². The molecule has 0 aromatic heterocycles. The molecule has 0 bridgehead atoms. The third-order valence-electron chi connectivity index (χ3n) is 10.9. The maximum atomic E-state index is 12.6. The van der Waals surface area contributed by atoms with E-state index in [-0.39, 0.29) is 19.4 Å². The Balaban J connectivity index is 4.18. The molecule has 0 aliphatic carbocycles. The summed E-state index contributed by atoms with van der Waals surface area (Å²) in [5.41, 5.74) is 5.34. The van der Waals surface area contributed by atoms with Crippen molar-refractivity contribution < 1.29 is 47.5 Å². The summed E-state index contributed by atoms with van der Waals surface area (Å²) in [6.07, 6.45) is 41.7. The van der Waals surface area contributed by atoms with Gasteiger partial charge in [-0.15, -0.1) is 0 Å².